The molecule has 172 valence electrons. The van der Waals surface area contributed by atoms with E-state index >= 15 is 0 Å². The van der Waals surface area contributed by atoms with Gasteiger partial charge in [-0.1, -0.05) is 18.2 Å². The maximum Gasteiger partial charge on any atom is 0.323 e. The largest absolute Gasteiger partial charge is 0.492 e. The van der Waals surface area contributed by atoms with E-state index in [9.17, 15) is 9.59 Å². The molecule has 2 aromatic carbocycles. The van der Waals surface area contributed by atoms with E-state index in [0.717, 1.165) is 36.3 Å². The summed E-state index contributed by atoms with van der Waals surface area (Å²) in [6.07, 6.45) is 3.41. The number of nitrogens with zero attached hydrogens (tertiary/aromatic N) is 2. The minimum Gasteiger partial charge on any atom is -0.492 e. The van der Waals surface area contributed by atoms with E-state index in [2.05, 4.69) is 21.9 Å². The SMILES string of the molecule is COC(=O)[C@@H]1CCCN1Cc1ccc2c(c1)CN(Cc1coc3ccccc3c1=O)CCO2. The number of hydrogen-bond donors (Lipinski definition) is 0. The molecular formula is C26H28N2O5. The van der Waals surface area contributed by atoms with Gasteiger partial charge in [-0.2, -0.15) is 0 Å². The Hall–Kier alpha value is -3.16. The number of rotatable bonds is 5. The second-order valence-electron chi connectivity index (χ2n) is 8.74. The van der Waals surface area contributed by atoms with Crippen molar-refractivity contribution in [1.29, 1.82) is 0 Å². The van der Waals surface area contributed by atoms with Crippen LogP contribution < -0.4 is 10.2 Å². The summed E-state index contributed by atoms with van der Waals surface area (Å²) in [5.41, 5.74) is 3.49. The van der Waals surface area contributed by atoms with E-state index in [0.29, 0.717) is 49.3 Å². The van der Waals surface area contributed by atoms with Crippen molar-refractivity contribution in [3.05, 3.63) is 75.6 Å². The van der Waals surface area contributed by atoms with Crippen LogP contribution in [0.15, 0.2) is 57.9 Å². The van der Waals surface area contributed by atoms with Crippen molar-refractivity contribution in [2.75, 3.05) is 26.8 Å². The summed E-state index contributed by atoms with van der Waals surface area (Å²) < 4.78 is 16.7. The van der Waals surface area contributed by atoms with Gasteiger partial charge in [0.2, 0.25) is 0 Å². The summed E-state index contributed by atoms with van der Waals surface area (Å²) in [6.45, 7) is 4.03. The Labute approximate surface area is 192 Å². The van der Waals surface area contributed by atoms with E-state index in [-0.39, 0.29) is 17.4 Å². The van der Waals surface area contributed by atoms with Crippen LogP contribution in [0.1, 0.15) is 29.5 Å². The van der Waals surface area contributed by atoms with Gasteiger partial charge < -0.3 is 13.9 Å². The Morgan fingerprint density at radius 2 is 2.03 bits per heavy atom. The predicted molar refractivity (Wildman–Crippen MR) is 124 cm³/mol. The molecule has 7 heteroatoms. The van der Waals surface area contributed by atoms with E-state index < -0.39 is 0 Å². The first-order valence-electron chi connectivity index (χ1n) is 11.4. The first kappa shape index (κ1) is 21.7. The van der Waals surface area contributed by atoms with Gasteiger partial charge in [-0.25, -0.2) is 0 Å². The summed E-state index contributed by atoms with van der Waals surface area (Å²) in [4.78, 5) is 29.4. The van der Waals surface area contributed by atoms with Gasteiger partial charge in [0.1, 0.15) is 24.0 Å². The summed E-state index contributed by atoms with van der Waals surface area (Å²) in [6, 6.07) is 13.4. The van der Waals surface area contributed by atoms with Crippen molar-refractivity contribution in [1.82, 2.24) is 9.80 Å². The molecule has 1 aromatic heterocycles. The van der Waals surface area contributed by atoms with Crippen molar-refractivity contribution in [3.8, 4) is 5.75 Å². The molecular weight excluding hydrogens is 420 g/mol. The van der Waals surface area contributed by atoms with E-state index in [1.54, 1.807) is 12.3 Å². The molecule has 0 aliphatic carbocycles. The highest BCUT2D eigenvalue weighted by Crippen LogP contribution is 2.27. The third-order valence-corrected chi connectivity index (χ3v) is 6.55. The first-order chi connectivity index (χ1) is 16.1. The molecule has 1 atom stereocenters. The lowest BCUT2D eigenvalue weighted by Gasteiger charge is -2.23. The molecule has 5 rings (SSSR count). The molecule has 0 N–H and O–H groups in total. The second-order valence-corrected chi connectivity index (χ2v) is 8.74. The number of methoxy groups -OCH3 is 1. The third-order valence-electron chi connectivity index (χ3n) is 6.55. The molecule has 0 saturated carbocycles. The number of ether oxygens (including phenoxy) is 2. The summed E-state index contributed by atoms with van der Waals surface area (Å²) in [5.74, 6) is 0.712. The summed E-state index contributed by atoms with van der Waals surface area (Å²) >= 11 is 0. The molecule has 0 spiro atoms. The van der Waals surface area contributed by atoms with Crippen LogP contribution in [0.2, 0.25) is 0 Å². The van der Waals surface area contributed by atoms with Crippen molar-refractivity contribution in [2.45, 2.75) is 38.5 Å². The van der Waals surface area contributed by atoms with Crippen molar-refractivity contribution < 1.29 is 18.7 Å². The Kier molecular flexibility index (Phi) is 6.15. The molecule has 0 amide bonds. The molecule has 3 heterocycles. The van der Waals surface area contributed by atoms with Gasteiger partial charge in [-0.15, -0.1) is 0 Å². The Morgan fingerprint density at radius 3 is 2.91 bits per heavy atom. The number of likely N-dealkylation sites (tertiary alicyclic amines) is 1. The first-order valence-corrected chi connectivity index (χ1v) is 11.4. The maximum absolute atomic E-state index is 12.9. The Bertz CT molecular complexity index is 1220. The fraction of sp³-hybridized carbons (Fsp3) is 0.385. The lowest BCUT2D eigenvalue weighted by atomic mass is 10.1. The average Bonchev–Trinajstić information content (AvgIpc) is 3.20. The summed E-state index contributed by atoms with van der Waals surface area (Å²) in [7, 11) is 1.45. The van der Waals surface area contributed by atoms with Gasteiger partial charge in [-0.05, 0) is 49.2 Å². The zero-order chi connectivity index (χ0) is 22.8. The highest BCUT2D eigenvalue weighted by Gasteiger charge is 2.31. The molecule has 3 aromatic rings. The van der Waals surface area contributed by atoms with Crippen LogP contribution in [0.3, 0.4) is 0 Å². The Balaban J connectivity index is 1.34. The van der Waals surface area contributed by atoms with Crippen LogP contribution in [0.4, 0.5) is 0 Å². The molecule has 0 bridgehead atoms. The van der Waals surface area contributed by atoms with Crippen LogP contribution in [0, 0.1) is 0 Å². The van der Waals surface area contributed by atoms with Gasteiger partial charge in [0.25, 0.3) is 0 Å². The minimum atomic E-state index is -0.173. The third kappa shape index (κ3) is 4.51. The van der Waals surface area contributed by atoms with Gasteiger partial charge in [0.15, 0.2) is 5.43 Å². The van der Waals surface area contributed by atoms with Crippen molar-refractivity contribution in [2.24, 2.45) is 0 Å². The molecule has 2 aliphatic rings. The van der Waals surface area contributed by atoms with Gasteiger partial charge in [0, 0.05) is 37.3 Å². The molecule has 0 unspecified atom stereocenters. The zero-order valence-corrected chi connectivity index (χ0v) is 18.8. The molecule has 1 saturated heterocycles. The quantitative estimate of drug-likeness (QED) is 0.555. The van der Waals surface area contributed by atoms with E-state index in [1.165, 1.54) is 7.11 Å². The second kappa shape index (κ2) is 9.37. The number of esters is 1. The number of benzene rings is 2. The lowest BCUT2D eigenvalue weighted by molar-refractivity contribution is -0.146. The lowest BCUT2D eigenvalue weighted by Crippen LogP contribution is -2.36. The standard InChI is InChI=1S/C26H28N2O5/c1-31-26(30)22-6-4-10-28(22)14-18-8-9-23-19(13-18)15-27(11-12-32-23)16-20-17-33-24-7-3-2-5-21(24)25(20)29/h2-3,5,7-9,13,17,22H,4,6,10-12,14-16H2,1H3/t22-/m0/s1. The van der Waals surface area contributed by atoms with E-state index in [4.69, 9.17) is 13.9 Å². The highest BCUT2D eigenvalue weighted by atomic mass is 16.5. The minimum absolute atomic E-state index is 0.0128. The average molecular weight is 449 g/mol. The highest BCUT2D eigenvalue weighted by molar-refractivity contribution is 5.76. The number of fused-ring (bicyclic) bond motifs is 2. The Morgan fingerprint density at radius 1 is 1.15 bits per heavy atom. The number of carbonyl (C=O) groups is 1. The van der Waals surface area contributed by atoms with Crippen molar-refractivity contribution in [3.63, 3.8) is 0 Å². The van der Waals surface area contributed by atoms with Crippen LogP contribution in [-0.2, 0) is 29.2 Å². The number of carbonyl (C=O) groups excluding carboxylic acids is 1. The molecule has 7 nitrogen and oxygen atoms in total. The number of para-hydroxylation sites is 1. The zero-order valence-electron chi connectivity index (χ0n) is 18.8. The number of hydrogen-bond acceptors (Lipinski definition) is 7. The normalized spacial score (nSPS) is 19.1. The van der Waals surface area contributed by atoms with Crippen LogP contribution >= 0.6 is 0 Å². The monoisotopic (exact) mass is 448 g/mol. The van der Waals surface area contributed by atoms with Gasteiger partial charge >= 0.3 is 5.97 Å². The molecule has 2 aliphatic heterocycles. The smallest absolute Gasteiger partial charge is 0.323 e. The van der Waals surface area contributed by atoms with Gasteiger partial charge in [-0.3, -0.25) is 19.4 Å². The van der Waals surface area contributed by atoms with Crippen molar-refractivity contribution >= 4 is 16.9 Å². The summed E-state index contributed by atoms with van der Waals surface area (Å²) in [5, 5.41) is 0.606. The fourth-order valence-corrected chi connectivity index (χ4v) is 4.86. The van der Waals surface area contributed by atoms with Crippen LogP contribution in [-0.4, -0.2) is 48.6 Å². The van der Waals surface area contributed by atoms with Crippen LogP contribution in [0.5, 0.6) is 5.75 Å². The topological polar surface area (TPSA) is 72.2 Å². The predicted octanol–water partition coefficient (Wildman–Crippen LogP) is 3.33. The maximum atomic E-state index is 12.9. The molecule has 1 fully saturated rings. The van der Waals surface area contributed by atoms with Gasteiger partial charge in [0.05, 0.1) is 18.8 Å². The fourth-order valence-electron chi connectivity index (χ4n) is 4.86. The molecule has 33 heavy (non-hydrogen) atoms. The molecule has 0 radical (unpaired) electrons. The van der Waals surface area contributed by atoms with E-state index in [1.807, 2.05) is 24.3 Å². The van der Waals surface area contributed by atoms with Crippen LogP contribution in [0.25, 0.3) is 11.0 Å².